The van der Waals surface area contributed by atoms with Crippen LogP contribution in [-0.4, -0.2) is 22.5 Å². The van der Waals surface area contributed by atoms with Crippen molar-refractivity contribution < 1.29 is 9.90 Å². The molecule has 2 aromatic rings. The standard InChI is InChI=1S/C17H17NO2/c1-12-5-2-3-6-13(12)11-18-10-9-14-15(17(18)20)7-4-8-16(14)19/h2-8,19H,9-11H2,1H3. The van der Waals surface area contributed by atoms with E-state index in [-0.39, 0.29) is 11.7 Å². The molecule has 1 amide bonds. The second-order valence-electron chi connectivity index (χ2n) is 5.21. The highest BCUT2D eigenvalue weighted by molar-refractivity contribution is 5.97. The number of carbonyl (C=O) groups is 1. The minimum absolute atomic E-state index is 0.00500. The van der Waals surface area contributed by atoms with Gasteiger partial charge >= 0.3 is 0 Å². The van der Waals surface area contributed by atoms with Gasteiger partial charge in [0.05, 0.1) is 0 Å². The third-order valence-corrected chi connectivity index (χ3v) is 3.92. The van der Waals surface area contributed by atoms with Crippen LogP contribution in [0.5, 0.6) is 5.75 Å². The minimum atomic E-state index is 0.00500. The average molecular weight is 267 g/mol. The summed E-state index contributed by atoms with van der Waals surface area (Å²) in [5, 5.41) is 9.82. The van der Waals surface area contributed by atoms with Crippen LogP contribution in [0.4, 0.5) is 0 Å². The predicted molar refractivity (Wildman–Crippen MR) is 77.7 cm³/mol. The Morgan fingerprint density at radius 2 is 1.95 bits per heavy atom. The first kappa shape index (κ1) is 12.7. The van der Waals surface area contributed by atoms with E-state index in [1.807, 2.05) is 17.0 Å². The van der Waals surface area contributed by atoms with Gasteiger partial charge < -0.3 is 10.0 Å². The molecule has 0 aliphatic carbocycles. The quantitative estimate of drug-likeness (QED) is 0.909. The largest absolute Gasteiger partial charge is 0.508 e. The van der Waals surface area contributed by atoms with Crippen molar-refractivity contribution in [1.82, 2.24) is 4.90 Å². The molecule has 20 heavy (non-hydrogen) atoms. The molecule has 3 heteroatoms. The molecular formula is C17H17NO2. The molecule has 0 bridgehead atoms. The molecule has 0 saturated carbocycles. The fourth-order valence-electron chi connectivity index (χ4n) is 2.70. The second-order valence-corrected chi connectivity index (χ2v) is 5.21. The lowest BCUT2D eigenvalue weighted by Gasteiger charge is -2.29. The van der Waals surface area contributed by atoms with Crippen molar-refractivity contribution >= 4 is 5.91 Å². The van der Waals surface area contributed by atoms with Crippen LogP contribution in [0.2, 0.25) is 0 Å². The van der Waals surface area contributed by atoms with Crippen molar-refractivity contribution in [3.8, 4) is 5.75 Å². The number of amides is 1. The number of phenols is 1. The summed E-state index contributed by atoms with van der Waals surface area (Å²) in [5.41, 5.74) is 3.77. The van der Waals surface area contributed by atoms with Gasteiger partial charge in [-0.25, -0.2) is 0 Å². The summed E-state index contributed by atoms with van der Waals surface area (Å²) < 4.78 is 0. The fourth-order valence-corrected chi connectivity index (χ4v) is 2.70. The summed E-state index contributed by atoms with van der Waals surface area (Å²) in [6, 6.07) is 13.3. The van der Waals surface area contributed by atoms with Gasteiger partial charge in [-0.15, -0.1) is 0 Å². The summed E-state index contributed by atoms with van der Waals surface area (Å²) in [6.07, 6.45) is 0.708. The van der Waals surface area contributed by atoms with Gasteiger partial charge in [0.2, 0.25) is 0 Å². The second kappa shape index (κ2) is 5.00. The van der Waals surface area contributed by atoms with Gasteiger partial charge in [0, 0.05) is 24.2 Å². The van der Waals surface area contributed by atoms with E-state index in [4.69, 9.17) is 0 Å². The number of hydrogen-bond acceptors (Lipinski definition) is 2. The van der Waals surface area contributed by atoms with Gasteiger partial charge in [-0.3, -0.25) is 4.79 Å². The van der Waals surface area contributed by atoms with Crippen LogP contribution >= 0.6 is 0 Å². The number of nitrogens with zero attached hydrogens (tertiary/aromatic N) is 1. The number of rotatable bonds is 2. The topological polar surface area (TPSA) is 40.5 Å². The number of fused-ring (bicyclic) bond motifs is 1. The van der Waals surface area contributed by atoms with Crippen LogP contribution in [0.25, 0.3) is 0 Å². The monoisotopic (exact) mass is 267 g/mol. The van der Waals surface area contributed by atoms with E-state index in [9.17, 15) is 9.90 Å². The van der Waals surface area contributed by atoms with Gasteiger partial charge in [0.15, 0.2) is 0 Å². The Hall–Kier alpha value is -2.29. The molecule has 0 aromatic heterocycles. The maximum absolute atomic E-state index is 12.5. The van der Waals surface area contributed by atoms with Crippen molar-refractivity contribution in [3.63, 3.8) is 0 Å². The molecule has 0 spiro atoms. The van der Waals surface area contributed by atoms with Crippen molar-refractivity contribution in [2.75, 3.05) is 6.54 Å². The van der Waals surface area contributed by atoms with Gasteiger partial charge in [0.25, 0.3) is 5.91 Å². The van der Waals surface area contributed by atoms with Crippen molar-refractivity contribution in [1.29, 1.82) is 0 Å². The number of phenolic OH excluding ortho intramolecular Hbond substituents is 1. The first-order valence-corrected chi connectivity index (χ1v) is 6.81. The average Bonchev–Trinajstić information content (AvgIpc) is 2.45. The lowest BCUT2D eigenvalue weighted by Crippen LogP contribution is -2.37. The molecule has 0 saturated heterocycles. The van der Waals surface area contributed by atoms with Gasteiger partial charge in [0.1, 0.15) is 5.75 Å². The van der Waals surface area contributed by atoms with E-state index in [1.165, 1.54) is 11.1 Å². The van der Waals surface area contributed by atoms with Crippen LogP contribution in [0, 0.1) is 6.92 Å². The normalized spacial score (nSPS) is 14.2. The summed E-state index contributed by atoms with van der Waals surface area (Å²) in [7, 11) is 0. The lowest BCUT2D eigenvalue weighted by atomic mass is 9.97. The maximum atomic E-state index is 12.5. The Labute approximate surface area is 118 Å². The molecule has 3 nitrogen and oxygen atoms in total. The highest BCUT2D eigenvalue weighted by atomic mass is 16.3. The Balaban J connectivity index is 1.88. The lowest BCUT2D eigenvalue weighted by molar-refractivity contribution is 0.0725. The smallest absolute Gasteiger partial charge is 0.254 e. The predicted octanol–water partition coefficient (Wildman–Crippen LogP) is 2.90. The fraction of sp³-hybridized carbons (Fsp3) is 0.235. The summed E-state index contributed by atoms with van der Waals surface area (Å²) >= 11 is 0. The first-order valence-electron chi connectivity index (χ1n) is 6.81. The van der Waals surface area contributed by atoms with Crippen LogP contribution in [0.15, 0.2) is 42.5 Å². The molecule has 0 unspecified atom stereocenters. The van der Waals surface area contributed by atoms with Crippen LogP contribution in [0.3, 0.4) is 0 Å². The molecule has 0 fully saturated rings. The molecule has 0 atom stereocenters. The highest BCUT2D eigenvalue weighted by Gasteiger charge is 2.26. The zero-order chi connectivity index (χ0) is 14.1. The molecule has 1 aliphatic rings. The third kappa shape index (κ3) is 2.16. The number of hydrogen-bond donors (Lipinski definition) is 1. The maximum Gasteiger partial charge on any atom is 0.254 e. The molecular weight excluding hydrogens is 250 g/mol. The van der Waals surface area contributed by atoms with E-state index in [1.54, 1.807) is 18.2 Å². The summed E-state index contributed by atoms with van der Waals surface area (Å²) in [4.78, 5) is 14.4. The SMILES string of the molecule is Cc1ccccc1CN1CCc2c(O)cccc2C1=O. The number of carbonyl (C=O) groups excluding carboxylic acids is 1. The number of aromatic hydroxyl groups is 1. The zero-order valence-electron chi connectivity index (χ0n) is 11.5. The number of aryl methyl sites for hydroxylation is 1. The molecule has 102 valence electrons. The van der Waals surface area contributed by atoms with E-state index in [0.717, 1.165) is 5.56 Å². The van der Waals surface area contributed by atoms with E-state index in [2.05, 4.69) is 19.1 Å². The molecule has 1 aliphatic heterocycles. The Bertz CT molecular complexity index is 664. The molecule has 2 aromatic carbocycles. The van der Waals surface area contributed by atoms with Crippen LogP contribution in [-0.2, 0) is 13.0 Å². The molecule has 1 heterocycles. The zero-order valence-corrected chi connectivity index (χ0v) is 11.5. The summed E-state index contributed by atoms with van der Waals surface area (Å²) in [6.45, 7) is 3.34. The molecule has 0 radical (unpaired) electrons. The first-order chi connectivity index (χ1) is 9.66. The molecule has 3 rings (SSSR count). The molecule has 1 N–H and O–H groups in total. The van der Waals surface area contributed by atoms with E-state index in [0.29, 0.717) is 25.1 Å². The minimum Gasteiger partial charge on any atom is -0.508 e. The van der Waals surface area contributed by atoms with Crippen molar-refractivity contribution in [2.24, 2.45) is 0 Å². The van der Waals surface area contributed by atoms with E-state index < -0.39 is 0 Å². The number of benzene rings is 2. The third-order valence-electron chi connectivity index (χ3n) is 3.92. The Morgan fingerprint density at radius 3 is 2.75 bits per heavy atom. The van der Waals surface area contributed by atoms with Crippen LogP contribution < -0.4 is 0 Å². The van der Waals surface area contributed by atoms with Crippen molar-refractivity contribution in [2.45, 2.75) is 19.9 Å². The van der Waals surface area contributed by atoms with Crippen molar-refractivity contribution in [3.05, 3.63) is 64.7 Å². The Kier molecular flexibility index (Phi) is 3.18. The van der Waals surface area contributed by atoms with Gasteiger partial charge in [-0.1, -0.05) is 30.3 Å². The van der Waals surface area contributed by atoms with Gasteiger partial charge in [-0.2, -0.15) is 0 Å². The Morgan fingerprint density at radius 1 is 1.15 bits per heavy atom. The summed E-state index contributed by atoms with van der Waals surface area (Å²) in [5.74, 6) is 0.233. The van der Waals surface area contributed by atoms with Gasteiger partial charge in [-0.05, 0) is 36.6 Å². The highest BCUT2D eigenvalue weighted by Crippen LogP contribution is 2.27. The van der Waals surface area contributed by atoms with Crippen LogP contribution in [0.1, 0.15) is 27.0 Å². The van der Waals surface area contributed by atoms with E-state index >= 15 is 0 Å².